The summed E-state index contributed by atoms with van der Waals surface area (Å²) >= 11 is 5.90. The number of anilines is 2. The molecule has 1 aromatic carbocycles. The fourth-order valence-electron chi connectivity index (χ4n) is 3.00. The molecular formula is C18H19ClF3N3O. The maximum Gasteiger partial charge on any atom is 0.423 e. The molecule has 0 N–H and O–H groups in total. The summed E-state index contributed by atoms with van der Waals surface area (Å²) in [6.45, 7) is 2.35. The lowest BCUT2D eigenvalue weighted by Crippen LogP contribution is -2.22. The molecule has 140 valence electrons. The Bertz CT molecular complexity index is 746. The minimum Gasteiger partial charge on any atom is -0.474 e. The van der Waals surface area contributed by atoms with Crippen molar-refractivity contribution in [1.82, 2.24) is 9.97 Å². The third-order valence-corrected chi connectivity index (χ3v) is 4.57. The molecule has 26 heavy (non-hydrogen) atoms. The van der Waals surface area contributed by atoms with Gasteiger partial charge in [0.05, 0.1) is 0 Å². The first kappa shape index (κ1) is 18.8. The van der Waals surface area contributed by atoms with Crippen molar-refractivity contribution in [1.29, 1.82) is 0 Å². The zero-order valence-electron chi connectivity index (χ0n) is 14.3. The highest BCUT2D eigenvalue weighted by atomic mass is 35.5. The van der Waals surface area contributed by atoms with Gasteiger partial charge in [-0.15, -0.1) is 0 Å². The molecule has 3 rings (SSSR count). The molecule has 4 nitrogen and oxygen atoms in total. The van der Waals surface area contributed by atoms with Gasteiger partial charge in [0, 0.05) is 23.5 Å². The van der Waals surface area contributed by atoms with Gasteiger partial charge in [0.1, 0.15) is 11.7 Å². The van der Waals surface area contributed by atoms with Gasteiger partial charge in [-0.25, -0.2) is 4.98 Å². The van der Waals surface area contributed by atoms with Crippen molar-refractivity contribution in [2.75, 3.05) is 11.4 Å². The number of alkyl halides is 3. The van der Waals surface area contributed by atoms with Crippen molar-refractivity contribution in [3.63, 3.8) is 0 Å². The molecule has 0 bridgehead atoms. The van der Waals surface area contributed by atoms with Crippen molar-refractivity contribution in [3.8, 4) is 5.88 Å². The minimum atomic E-state index is -4.57. The summed E-state index contributed by atoms with van der Waals surface area (Å²) < 4.78 is 45.6. The van der Waals surface area contributed by atoms with Gasteiger partial charge in [0.2, 0.25) is 11.8 Å². The van der Waals surface area contributed by atoms with Crippen LogP contribution < -0.4 is 9.64 Å². The van der Waals surface area contributed by atoms with E-state index in [1.165, 1.54) is 0 Å². The Hall–Kier alpha value is -2.02. The lowest BCUT2D eigenvalue weighted by atomic mass is 10.2. The third kappa shape index (κ3) is 4.20. The number of nitrogens with zero attached hydrogens (tertiary/aromatic N) is 3. The lowest BCUT2D eigenvalue weighted by molar-refractivity contribution is -0.139. The van der Waals surface area contributed by atoms with Gasteiger partial charge >= 0.3 is 6.18 Å². The molecule has 1 fully saturated rings. The van der Waals surface area contributed by atoms with Crippen LogP contribution in [0.25, 0.3) is 0 Å². The lowest BCUT2D eigenvalue weighted by Gasteiger charge is -2.23. The summed E-state index contributed by atoms with van der Waals surface area (Å²) in [5.41, 5.74) is -0.205. The topological polar surface area (TPSA) is 38.2 Å². The largest absolute Gasteiger partial charge is 0.474 e. The maximum atomic E-state index is 13.3. The molecule has 0 radical (unpaired) electrons. The third-order valence-electron chi connectivity index (χ3n) is 4.32. The summed E-state index contributed by atoms with van der Waals surface area (Å²) in [6, 6.07) is 6.95. The molecule has 0 atom stereocenters. The van der Waals surface area contributed by atoms with Gasteiger partial charge in [-0.3, -0.25) is 0 Å². The molecule has 0 aliphatic heterocycles. The molecule has 1 aliphatic carbocycles. The number of rotatable bonds is 5. The molecule has 2 aromatic rings. The highest BCUT2D eigenvalue weighted by Crippen LogP contribution is 2.37. The number of benzene rings is 1. The van der Waals surface area contributed by atoms with Crippen molar-refractivity contribution >= 4 is 23.2 Å². The Kier molecular flexibility index (Phi) is 5.55. The van der Waals surface area contributed by atoms with Gasteiger partial charge in [-0.2, -0.15) is 18.2 Å². The van der Waals surface area contributed by atoms with Crippen molar-refractivity contribution in [3.05, 3.63) is 41.0 Å². The average molecular weight is 386 g/mol. The van der Waals surface area contributed by atoms with Crippen LogP contribution in [0.2, 0.25) is 5.02 Å². The molecule has 1 heterocycles. The van der Waals surface area contributed by atoms with Crippen LogP contribution in [-0.2, 0) is 6.18 Å². The Balaban J connectivity index is 1.97. The van der Waals surface area contributed by atoms with Gasteiger partial charge < -0.3 is 9.64 Å². The Morgan fingerprint density at radius 3 is 2.42 bits per heavy atom. The Morgan fingerprint density at radius 1 is 1.19 bits per heavy atom. The highest BCUT2D eigenvalue weighted by molar-refractivity contribution is 6.30. The SMILES string of the molecule is CCN(c1ccc(Cl)cc1)c1ncc(C(F)(F)F)c(OC2CCCC2)n1. The van der Waals surface area contributed by atoms with Gasteiger partial charge in [-0.05, 0) is 56.9 Å². The van der Waals surface area contributed by atoms with Crippen LogP contribution in [0.3, 0.4) is 0 Å². The number of aromatic nitrogens is 2. The van der Waals surface area contributed by atoms with E-state index in [9.17, 15) is 13.2 Å². The van der Waals surface area contributed by atoms with Gasteiger partial charge in [0.15, 0.2) is 0 Å². The standard InChI is InChI=1S/C18H19ClF3N3O/c1-2-25(13-9-7-12(19)8-10-13)17-23-11-15(18(20,21)22)16(24-17)26-14-5-3-4-6-14/h7-11,14H,2-6H2,1H3. The zero-order chi connectivity index (χ0) is 18.7. The van der Waals surface area contributed by atoms with E-state index in [4.69, 9.17) is 16.3 Å². The van der Waals surface area contributed by atoms with E-state index >= 15 is 0 Å². The van der Waals surface area contributed by atoms with Crippen LogP contribution >= 0.6 is 11.6 Å². The molecule has 0 spiro atoms. The molecule has 8 heteroatoms. The number of hydrogen-bond acceptors (Lipinski definition) is 4. The summed E-state index contributed by atoms with van der Waals surface area (Å²) in [4.78, 5) is 9.75. The van der Waals surface area contributed by atoms with Crippen LogP contribution in [0.15, 0.2) is 30.5 Å². The maximum absolute atomic E-state index is 13.3. The van der Waals surface area contributed by atoms with Crippen LogP contribution in [0.4, 0.5) is 24.8 Å². The molecular weight excluding hydrogens is 367 g/mol. The highest BCUT2D eigenvalue weighted by Gasteiger charge is 2.37. The van der Waals surface area contributed by atoms with E-state index in [-0.39, 0.29) is 12.1 Å². The number of halogens is 4. The van der Waals surface area contributed by atoms with E-state index in [1.54, 1.807) is 29.2 Å². The Morgan fingerprint density at radius 2 is 1.85 bits per heavy atom. The summed E-state index contributed by atoms with van der Waals surface area (Å²) in [7, 11) is 0. The number of hydrogen-bond donors (Lipinski definition) is 0. The monoisotopic (exact) mass is 385 g/mol. The molecule has 0 saturated heterocycles. The zero-order valence-corrected chi connectivity index (χ0v) is 15.0. The fourth-order valence-corrected chi connectivity index (χ4v) is 3.12. The predicted octanol–water partition coefficient (Wildman–Crippen LogP) is 5.63. The summed E-state index contributed by atoms with van der Waals surface area (Å²) in [6.07, 6.45) is -0.610. The van der Waals surface area contributed by atoms with Gasteiger partial charge in [-0.1, -0.05) is 11.6 Å². The first-order chi connectivity index (χ1) is 12.4. The van der Waals surface area contributed by atoms with Crippen LogP contribution in [0, 0.1) is 0 Å². The molecule has 1 aliphatic rings. The molecule has 1 aromatic heterocycles. The normalized spacial score (nSPS) is 15.3. The predicted molar refractivity (Wildman–Crippen MR) is 94.1 cm³/mol. The minimum absolute atomic E-state index is 0.163. The van der Waals surface area contributed by atoms with E-state index in [0.717, 1.165) is 37.6 Å². The first-order valence-electron chi connectivity index (χ1n) is 8.52. The van der Waals surface area contributed by atoms with Crippen molar-refractivity contribution in [2.24, 2.45) is 0 Å². The van der Waals surface area contributed by atoms with Crippen LogP contribution in [0.1, 0.15) is 38.2 Å². The second-order valence-electron chi connectivity index (χ2n) is 6.13. The van der Waals surface area contributed by atoms with E-state index < -0.39 is 17.6 Å². The second-order valence-corrected chi connectivity index (χ2v) is 6.57. The second kappa shape index (κ2) is 7.70. The molecule has 0 amide bonds. The fraction of sp³-hybridized carbons (Fsp3) is 0.444. The van der Waals surface area contributed by atoms with Crippen LogP contribution in [0.5, 0.6) is 5.88 Å². The van der Waals surface area contributed by atoms with Gasteiger partial charge in [0.25, 0.3) is 0 Å². The smallest absolute Gasteiger partial charge is 0.423 e. The average Bonchev–Trinajstić information content (AvgIpc) is 3.09. The molecule has 1 saturated carbocycles. The van der Waals surface area contributed by atoms with Crippen molar-refractivity contribution < 1.29 is 17.9 Å². The molecule has 0 unspecified atom stereocenters. The number of ether oxygens (including phenoxy) is 1. The summed E-state index contributed by atoms with van der Waals surface area (Å²) in [5.74, 6) is -0.238. The van der Waals surface area contributed by atoms with E-state index in [1.807, 2.05) is 6.92 Å². The quantitative estimate of drug-likeness (QED) is 0.668. The first-order valence-corrected chi connectivity index (χ1v) is 8.90. The van der Waals surface area contributed by atoms with E-state index in [2.05, 4.69) is 9.97 Å². The Labute approximate surface area is 155 Å². The van der Waals surface area contributed by atoms with Crippen LogP contribution in [-0.4, -0.2) is 22.6 Å². The van der Waals surface area contributed by atoms with E-state index in [0.29, 0.717) is 11.6 Å². The van der Waals surface area contributed by atoms with Crippen molar-refractivity contribution in [2.45, 2.75) is 44.9 Å². The summed E-state index contributed by atoms with van der Waals surface area (Å²) in [5, 5.41) is 0.573.